The van der Waals surface area contributed by atoms with E-state index in [9.17, 15) is 4.79 Å². The van der Waals surface area contributed by atoms with E-state index in [1.54, 1.807) is 6.20 Å². The Morgan fingerprint density at radius 2 is 1.91 bits per heavy atom. The van der Waals surface area contributed by atoms with Crippen LogP contribution in [0.15, 0.2) is 65.6 Å². The molecule has 0 radical (unpaired) electrons. The van der Waals surface area contributed by atoms with E-state index in [4.69, 9.17) is 4.74 Å². The van der Waals surface area contributed by atoms with E-state index in [1.165, 1.54) is 10.2 Å². The van der Waals surface area contributed by atoms with Crippen LogP contribution in [0.5, 0.6) is 5.75 Å². The average molecular weight is 430 g/mol. The van der Waals surface area contributed by atoms with Gasteiger partial charge in [-0.1, -0.05) is 30.3 Å². The lowest BCUT2D eigenvalue weighted by Crippen LogP contribution is -2.27. The van der Waals surface area contributed by atoms with Gasteiger partial charge in [-0.3, -0.25) is 4.79 Å². The Bertz CT molecular complexity index is 1280. The predicted molar refractivity (Wildman–Crippen MR) is 126 cm³/mol. The molecule has 0 aliphatic rings. The van der Waals surface area contributed by atoms with Crippen molar-refractivity contribution in [2.45, 2.75) is 33.2 Å². The molecule has 0 bridgehead atoms. The van der Waals surface area contributed by atoms with Crippen LogP contribution in [0.3, 0.4) is 0 Å². The van der Waals surface area contributed by atoms with Gasteiger partial charge in [0.1, 0.15) is 17.4 Å². The molecule has 4 aromatic rings. The number of benzene rings is 2. The van der Waals surface area contributed by atoms with Gasteiger partial charge in [0.05, 0.1) is 29.9 Å². The smallest absolute Gasteiger partial charge is 0.275 e. The van der Waals surface area contributed by atoms with Crippen LogP contribution >= 0.6 is 0 Å². The molecule has 0 amide bonds. The van der Waals surface area contributed by atoms with Gasteiger partial charge >= 0.3 is 0 Å². The molecule has 0 spiro atoms. The molecule has 0 aliphatic carbocycles. The maximum atomic E-state index is 12.9. The standard InChI is InChI=1S/C25H27N5O2/c1-17-8-6-10-21(14-17)32-13-7-12-26-24-15-23(28-19(3)29-24)18(2)30-25(31)22-11-5-4-9-20(22)16-27-30/h4-6,8-11,14-16,18H,7,12-13H2,1-3H3,(H,26,28,29). The van der Waals surface area contributed by atoms with Gasteiger partial charge in [0.15, 0.2) is 0 Å². The van der Waals surface area contributed by atoms with Crippen molar-refractivity contribution in [3.05, 3.63) is 88.2 Å². The van der Waals surface area contributed by atoms with Crippen LogP contribution in [-0.2, 0) is 0 Å². The van der Waals surface area contributed by atoms with Crippen LogP contribution in [0.2, 0.25) is 0 Å². The second-order valence-corrected chi connectivity index (χ2v) is 7.83. The van der Waals surface area contributed by atoms with Crippen molar-refractivity contribution in [3.8, 4) is 5.75 Å². The van der Waals surface area contributed by atoms with Crippen molar-refractivity contribution in [1.82, 2.24) is 19.7 Å². The quantitative estimate of drug-likeness (QED) is 0.421. The molecule has 0 saturated carbocycles. The lowest BCUT2D eigenvalue weighted by atomic mass is 10.2. The van der Waals surface area contributed by atoms with E-state index in [0.29, 0.717) is 24.4 Å². The number of hydrogen-bond acceptors (Lipinski definition) is 6. The van der Waals surface area contributed by atoms with Gasteiger partial charge in [-0.25, -0.2) is 14.6 Å². The zero-order valence-electron chi connectivity index (χ0n) is 18.6. The first kappa shape index (κ1) is 21.5. The molecule has 1 N–H and O–H groups in total. The number of rotatable bonds is 8. The molecule has 7 nitrogen and oxygen atoms in total. The fraction of sp³-hybridized carbons (Fsp3) is 0.280. The summed E-state index contributed by atoms with van der Waals surface area (Å²) in [4.78, 5) is 21.9. The molecule has 164 valence electrons. The van der Waals surface area contributed by atoms with Crippen LogP contribution in [0.4, 0.5) is 5.82 Å². The topological polar surface area (TPSA) is 81.9 Å². The maximum absolute atomic E-state index is 12.9. The third-order valence-corrected chi connectivity index (χ3v) is 5.26. The molecule has 1 unspecified atom stereocenters. The third-order valence-electron chi connectivity index (χ3n) is 5.26. The van der Waals surface area contributed by atoms with Gasteiger partial charge in [-0.2, -0.15) is 5.10 Å². The first-order chi connectivity index (χ1) is 15.5. The summed E-state index contributed by atoms with van der Waals surface area (Å²) in [5.41, 5.74) is 1.79. The SMILES string of the molecule is Cc1cccc(OCCCNc2cc(C(C)n3ncc4ccccc4c3=O)nc(C)n2)c1. The van der Waals surface area contributed by atoms with E-state index in [-0.39, 0.29) is 11.6 Å². The minimum absolute atomic E-state index is 0.130. The number of fused-ring (bicyclic) bond motifs is 1. The average Bonchev–Trinajstić information content (AvgIpc) is 2.78. The highest BCUT2D eigenvalue weighted by Gasteiger charge is 2.15. The highest BCUT2D eigenvalue weighted by atomic mass is 16.5. The molecular weight excluding hydrogens is 402 g/mol. The summed E-state index contributed by atoms with van der Waals surface area (Å²) in [5.74, 6) is 2.25. The normalized spacial score (nSPS) is 12.0. The molecule has 2 heterocycles. The fourth-order valence-electron chi connectivity index (χ4n) is 3.58. The lowest BCUT2D eigenvalue weighted by molar-refractivity contribution is 0.315. The van der Waals surface area contributed by atoms with Gasteiger partial charge < -0.3 is 10.1 Å². The van der Waals surface area contributed by atoms with Crippen molar-refractivity contribution in [3.63, 3.8) is 0 Å². The molecular formula is C25H27N5O2. The Kier molecular flexibility index (Phi) is 6.44. The number of hydrogen-bond donors (Lipinski definition) is 1. The molecule has 0 aliphatic heterocycles. The predicted octanol–water partition coefficient (Wildman–Crippen LogP) is 4.29. The minimum atomic E-state index is -0.320. The van der Waals surface area contributed by atoms with Gasteiger partial charge in [0.25, 0.3) is 5.56 Å². The number of ether oxygens (including phenoxy) is 1. The van der Waals surface area contributed by atoms with E-state index < -0.39 is 0 Å². The molecule has 4 rings (SSSR count). The molecule has 0 saturated heterocycles. The molecule has 0 fully saturated rings. The second kappa shape index (κ2) is 9.60. The largest absolute Gasteiger partial charge is 0.494 e. The zero-order valence-corrected chi connectivity index (χ0v) is 18.6. The van der Waals surface area contributed by atoms with Gasteiger partial charge in [-0.05, 0) is 51.0 Å². The summed E-state index contributed by atoms with van der Waals surface area (Å²) < 4.78 is 7.27. The summed E-state index contributed by atoms with van der Waals surface area (Å²) >= 11 is 0. The Morgan fingerprint density at radius 1 is 1.06 bits per heavy atom. The summed E-state index contributed by atoms with van der Waals surface area (Å²) in [6.45, 7) is 7.14. The fourth-order valence-corrected chi connectivity index (χ4v) is 3.58. The second-order valence-electron chi connectivity index (χ2n) is 7.83. The lowest BCUT2D eigenvalue weighted by Gasteiger charge is -2.16. The molecule has 7 heteroatoms. The summed E-state index contributed by atoms with van der Waals surface area (Å²) in [5, 5.41) is 9.18. The van der Waals surface area contributed by atoms with Crippen LogP contribution in [0.1, 0.15) is 36.5 Å². The Hall–Kier alpha value is -3.74. The van der Waals surface area contributed by atoms with E-state index in [0.717, 1.165) is 29.1 Å². The minimum Gasteiger partial charge on any atom is -0.494 e. The monoisotopic (exact) mass is 429 g/mol. The van der Waals surface area contributed by atoms with Crippen LogP contribution < -0.4 is 15.6 Å². The van der Waals surface area contributed by atoms with Crippen LogP contribution in [0, 0.1) is 13.8 Å². The van der Waals surface area contributed by atoms with E-state index >= 15 is 0 Å². The van der Waals surface area contributed by atoms with E-state index in [2.05, 4.69) is 20.4 Å². The molecule has 2 aromatic carbocycles. The Balaban J connectivity index is 1.42. The number of aryl methyl sites for hydroxylation is 2. The van der Waals surface area contributed by atoms with Crippen LogP contribution in [0.25, 0.3) is 10.8 Å². The van der Waals surface area contributed by atoms with Crippen molar-refractivity contribution in [2.24, 2.45) is 0 Å². The van der Waals surface area contributed by atoms with Crippen molar-refractivity contribution in [2.75, 3.05) is 18.5 Å². The van der Waals surface area contributed by atoms with Gasteiger partial charge in [0.2, 0.25) is 0 Å². The van der Waals surface area contributed by atoms with Crippen molar-refractivity contribution in [1.29, 1.82) is 0 Å². The Morgan fingerprint density at radius 3 is 2.75 bits per heavy atom. The molecule has 1 atom stereocenters. The maximum Gasteiger partial charge on any atom is 0.275 e. The number of nitrogens with one attached hydrogen (secondary N) is 1. The number of anilines is 1. The van der Waals surface area contributed by atoms with Crippen molar-refractivity contribution >= 4 is 16.6 Å². The van der Waals surface area contributed by atoms with Crippen molar-refractivity contribution < 1.29 is 4.74 Å². The Labute approximate surface area is 187 Å². The number of nitrogens with zero attached hydrogens (tertiary/aromatic N) is 4. The van der Waals surface area contributed by atoms with Gasteiger partial charge in [0, 0.05) is 18.0 Å². The first-order valence-electron chi connectivity index (χ1n) is 10.8. The summed E-state index contributed by atoms with van der Waals surface area (Å²) in [7, 11) is 0. The number of aromatic nitrogens is 4. The van der Waals surface area contributed by atoms with E-state index in [1.807, 2.05) is 75.4 Å². The molecule has 32 heavy (non-hydrogen) atoms. The third kappa shape index (κ3) is 4.94. The summed E-state index contributed by atoms with van der Waals surface area (Å²) in [6, 6.07) is 17.0. The zero-order chi connectivity index (χ0) is 22.5. The first-order valence-corrected chi connectivity index (χ1v) is 10.8. The summed E-state index contributed by atoms with van der Waals surface area (Å²) in [6.07, 6.45) is 2.54. The molecule has 2 aromatic heterocycles. The van der Waals surface area contributed by atoms with Crippen LogP contribution in [-0.4, -0.2) is 32.9 Å². The highest BCUT2D eigenvalue weighted by molar-refractivity contribution is 5.80. The van der Waals surface area contributed by atoms with Gasteiger partial charge in [-0.15, -0.1) is 0 Å². The highest BCUT2D eigenvalue weighted by Crippen LogP contribution is 2.18.